The largest absolute Gasteiger partial charge is 0.464 e. The van der Waals surface area contributed by atoms with E-state index in [1.807, 2.05) is 25.1 Å². The minimum Gasteiger partial charge on any atom is -0.464 e. The van der Waals surface area contributed by atoms with Gasteiger partial charge in [0.25, 0.3) is 0 Å². The van der Waals surface area contributed by atoms with Gasteiger partial charge in [0, 0.05) is 16.5 Å². The zero-order valence-corrected chi connectivity index (χ0v) is 13.3. The Kier molecular flexibility index (Phi) is 5.38. The maximum atomic E-state index is 14.2. The highest BCUT2D eigenvalue weighted by atomic mass is 79.9. The second kappa shape index (κ2) is 7.04. The highest BCUT2D eigenvalue weighted by Gasteiger charge is 2.22. The van der Waals surface area contributed by atoms with Gasteiger partial charge in [-0.05, 0) is 37.2 Å². The Hall–Kier alpha value is -1.13. The van der Waals surface area contributed by atoms with E-state index in [1.165, 1.54) is 6.07 Å². The lowest BCUT2D eigenvalue weighted by Gasteiger charge is -2.19. The van der Waals surface area contributed by atoms with Crippen LogP contribution in [0.5, 0.6) is 0 Å². The fraction of sp³-hybridized carbons (Fsp3) is 0.375. The number of halogens is 2. The molecule has 0 aliphatic rings. The van der Waals surface area contributed by atoms with E-state index in [0.29, 0.717) is 5.56 Å². The molecule has 2 aromatic rings. The SMILES string of the molecule is CCCNC(c1ccc(CC)o1)c1c(F)cccc1Br. The van der Waals surface area contributed by atoms with E-state index >= 15 is 0 Å². The molecule has 108 valence electrons. The molecular formula is C16H19BrFNO. The molecule has 0 aliphatic heterocycles. The van der Waals surface area contributed by atoms with Gasteiger partial charge in [0.15, 0.2) is 0 Å². The Morgan fingerprint density at radius 2 is 2.05 bits per heavy atom. The van der Waals surface area contributed by atoms with Crippen LogP contribution in [0.3, 0.4) is 0 Å². The van der Waals surface area contributed by atoms with Gasteiger partial charge in [0.1, 0.15) is 17.3 Å². The Balaban J connectivity index is 2.41. The van der Waals surface area contributed by atoms with Crippen molar-refractivity contribution in [1.29, 1.82) is 0 Å². The van der Waals surface area contributed by atoms with Crippen molar-refractivity contribution in [3.05, 3.63) is 57.7 Å². The molecule has 0 spiro atoms. The van der Waals surface area contributed by atoms with Gasteiger partial charge in [-0.1, -0.05) is 35.8 Å². The van der Waals surface area contributed by atoms with Gasteiger partial charge in [0.2, 0.25) is 0 Å². The molecule has 1 atom stereocenters. The van der Waals surface area contributed by atoms with Crippen LogP contribution in [0.4, 0.5) is 4.39 Å². The summed E-state index contributed by atoms with van der Waals surface area (Å²) in [5.74, 6) is 1.43. The van der Waals surface area contributed by atoms with Gasteiger partial charge in [-0.2, -0.15) is 0 Å². The highest BCUT2D eigenvalue weighted by Crippen LogP contribution is 2.32. The highest BCUT2D eigenvalue weighted by molar-refractivity contribution is 9.10. The van der Waals surface area contributed by atoms with E-state index in [0.717, 1.165) is 35.4 Å². The van der Waals surface area contributed by atoms with E-state index < -0.39 is 0 Å². The average Bonchev–Trinajstić information content (AvgIpc) is 2.90. The third-order valence-corrected chi connectivity index (χ3v) is 3.89. The summed E-state index contributed by atoms with van der Waals surface area (Å²) in [4.78, 5) is 0. The lowest BCUT2D eigenvalue weighted by molar-refractivity contribution is 0.413. The van der Waals surface area contributed by atoms with Crippen molar-refractivity contribution >= 4 is 15.9 Å². The lowest BCUT2D eigenvalue weighted by atomic mass is 10.0. The average molecular weight is 340 g/mol. The number of nitrogens with one attached hydrogen (secondary N) is 1. The molecular weight excluding hydrogens is 321 g/mol. The van der Waals surface area contributed by atoms with Crippen LogP contribution in [0, 0.1) is 5.82 Å². The number of hydrogen-bond donors (Lipinski definition) is 1. The van der Waals surface area contributed by atoms with Gasteiger partial charge in [-0.25, -0.2) is 4.39 Å². The quantitative estimate of drug-likeness (QED) is 0.815. The van der Waals surface area contributed by atoms with Gasteiger partial charge in [0.05, 0.1) is 6.04 Å². The Morgan fingerprint density at radius 1 is 1.25 bits per heavy atom. The smallest absolute Gasteiger partial charge is 0.129 e. The van der Waals surface area contributed by atoms with E-state index in [9.17, 15) is 4.39 Å². The van der Waals surface area contributed by atoms with Crippen LogP contribution in [0.15, 0.2) is 39.2 Å². The van der Waals surface area contributed by atoms with Crippen LogP contribution in [-0.4, -0.2) is 6.54 Å². The number of aryl methyl sites for hydroxylation is 1. The van der Waals surface area contributed by atoms with E-state index in [1.54, 1.807) is 6.07 Å². The second-order valence-corrected chi connectivity index (χ2v) is 5.53. The molecule has 0 saturated heterocycles. The molecule has 20 heavy (non-hydrogen) atoms. The first-order valence-corrected chi connectivity index (χ1v) is 7.72. The van der Waals surface area contributed by atoms with Crippen LogP contribution in [-0.2, 0) is 6.42 Å². The van der Waals surface area contributed by atoms with Crippen molar-refractivity contribution in [2.45, 2.75) is 32.7 Å². The van der Waals surface area contributed by atoms with Crippen molar-refractivity contribution in [2.75, 3.05) is 6.54 Å². The number of benzene rings is 1. The summed E-state index contributed by atoms with van der Waals surface area (Å²) in [6.07, 6.45) is 1.81. The molecule has 1 heterocycles. The van der Waals surface area contributed by atoms with Gasteiger partial charge < -0.3 is 9.73 Å². The second-order valence-electron chi connectivity index (χ2n) is 4.68. The van der Waals surface area contributed by atoms with Gasteiger partial charge in [-0.3, -0.25) is 0 Å². The standard InChI is InChI=1S/C16H19BrFNO/c1-3-10-19-16(14-9-8-11(4-2)20-14)15-12(17)6-5-7-13(15)18/h5-9,16,19H,3-4,10H2,1-2H3. The summed E-state index contributed by atoms with van der Waals surface area (Å²) in [5.41, 5.74) is 0.595. The molecule has 0 saturated carbocycles. The zero-order chi connectivity index (χ0) is 14.5. The lowest BCUT2D eigenvalue weighted by Crippen LogP contribution is -2.24. The third-order valence-electron chi connectivity index (χ3n) is 3.20. The van der Waals surface area contributed by atoms with E-state index in [2.05, 4.69) is 28.2 Å². The summed E-state index contributed by atoms with van der Waals surface area (Å²) in [5, 5.41) is 3.36. The predicted octanol–water partition coefficient (Wildman–Crippen LogP) is 4.83. The molecule has 2 nitrogen and oxygen atoms in total. The summed E-state index contributed by atoms with van der Waals surface area (Å²) in [7, 11) is 0. The van der Waals surface area contributed by atoms with Crippen molar-refractivity contribution in [3.63, 3.8) is 0 Å². The summed E-state index contributed by atoms with van der Waals surface area (Å²) < 4.78 is 20.7. The Labute approximate surface area is 127 Å². The first kappa shape index (κ1) is 15.3. The van der Waals surface area contributed by atoms with Crippen molar-refractivity contribution < 1.29 is 8.81 Å². The Morgan fingerprint density at radius 3 is 2.65 bits per heavy atom. The minimum atomic E-state index is -0.272. The van der Waals surface area contributed by atoms with Crippen LogP contribution < -0.4 is 5.32 Å². The summed E-state index contributed by atoms with van der Waals surface area (Å²) in [6, 6.07) is 8.62. The zero-order valence-electron chi connectivity index (χ0n) is 11.7. The van der Waals surface area contributed by atoms with Gasteiger partial charge in [-0.15, -0.1) is 0 Å². The molecule has 1 aromatic heterocycles. The molecule has 0 bridgehead atoms. The van der Waals surface area contributed by atoms with E-state index in [-0.39, 0.29) is 11.9 Å². The normalized spacial score (nSPS) is 12.6. The third kappa shape index (κ3) is 3.30. The molecule has 2 rings (SSSR count). The Bertz CT molecular complexity index is 547. The van der Waals surface area contributed by atoms with Gasteiger partial charge >= 0.3 is 0 Å². The summed E-state index contributed by atoms with van der Waals surface area (Å²) >= 11 is 3.44. The first-order chi connectivity index (χ1) is 9.67. The number of rotatable bonds is 6. The fourth-order valence-corrected chi connectivity index (χ4v) is 2.73. The van der Waals surface area contributed by atoms with Crippen molar-refractivity contribution in [3.8, 4) is 0 Å². The maximum Gasteiger partial charge on any atom is 0.129 e. The van der Waals surface area contributed by atoms with Crippen LogP contribution in [0.25, 0.3) is 0 Å². The van der Waals surface area contributed by atoms with Crippen molar-refractivity contribution in [1.82, 2.24) is 5.32 Å². The molecule has 0 aliphatic carbocycles. The number of furan rings is 1. The topological polar surface area (TPSA) is 25.2 Å². The fourth-order valence-electron chi connectivity index (χ4n) is 2.16. The van der Waals surface area contributed by atoms with Crippen LogP contribution in [0.1, 0.15) is 43.4 Å². The monoisotopic (exact) mass is 339 g/mol. The van der Waals surface area contributed by atoms with Crippen molar-refractivity contribution in [2.24, 2.45) is 0 Å². The molecule has 0 radical (unpaired) electrons. The minimum absolute atomic E-state index is 0.234. The van der Waals surface area contributed by atoms with Crippen LogP contribution >= 0.6 is 15.9 Å². The van der Waals surface area contributed by atoms with Crippen LogP contribution in [0.2, 0.25) is 0 Å². The number of hydrogen-bond acceptors (Lipinski definition) is 2. The maximum absolute atomic E-state index is 14.2. The predicted molar refractivity (Wildman–Crippen MR) is 82.3 cm³/mol. The summed E-state index contributed by atoms with van der Waals surface area (Å²) in [6.45, 7) is 4.92. The molecule has 1 N–H and O–H groups in total. The molecule has 4 heteroatoms. The molecule has 1 aromatic carbocycles. The van der Waals surface area contributed by atoms with E-state index in [4.69, 9.17) is 4.42 Å². The molecule has 0 fully saturated rings. The molecule has 0 amide bonds. The molecule has 1 unspecified atom stereocenters. The first-order valence-electron chi connectivity index (χ1n) is 6.93.